The second-order valence-electron chi connectivity index (χ2n) is 8.02. The SMILES string of the molecule is CCN[C@H]1C[C@@H]2CN(CC)C(=O)c3c(O)c(=O)c(C(=O)NCc4ccc(F)c(I)c4F)c1n32. The van der Waals surface area contributed by atoms with Crippen molar-refractivity contribution in [3.8, 4) is 5.75 Å². The minimum Gasteiger partial charge on any atom is -0.503 e. The Balaban J connectivity index is 1.78. The number of likely N-dealkylation sites (N-methyl/N-ethyl adjacent to an activating group) is 1. The van der Waals surface area contributed by atoms with Crippen molar-refractivity contribution in [2.45, 2.75) is 38.9 Å². The Morgan fingerprint density at radius 2 is 2.00 bits per heavy atom. The van der Waals surface area contributed by atoms with Crippen molar-refractivity contribution in [1.29, 1.82) is 0 Å². The van der Waals surface area contributed by atoms with Gasteiger partial charge < -0.3 is 25.2 Å². The topological polar surface area (TPSA) is 104 Å². The molecule has 0 bridgehead atoms. The molecule has 2 aliphatic rings. The number of aromatic hydroxyl groups is 1. The predicted octanol–water partition coefficient (Wildman–Crippen LogP) is 2.44. The lowest BCUT2D eigenvalue weighted by molar-refractivity contribution is 0.0675. The molecule has 0 saturated heterocycles. The largest absolute Gasteiger partial charge is 0.503 e. The van der Waals surface area contributed by atoms with E-state index in [-0.39, 0.29) is 39.0 Å². The molecule has 3 N–H and O–H groups in total. The van der Waals surface area contributed by atoms with Gasteiger partial charge in [0.2, 0.25) is 5.43 Å². The molecular weight excluding hydrogens is 549 g/mol. The van der Waals surface area contributed by atoms with Gasteiger partial charge in [-0.15, -0.1) is 0 Å². The average molecular weight is 572 g/mol. The van der Waals surface area contributed by atoms with Gasteiger partial charge in [-0.1, -0.05) is 13.0 Å². The lowest BCUT2D eigenvalue weighted by Gasteiger charge is -2.33. The highest BCUT2D eigenvalue weighted by molar-refractivity contribution is 14.1. The van der Waals surface area contributed by atoms with Crippen molar-refractivity contribution < 1.29 is 23.5 Å². The molecule has 1 aromatic heterocycles. The molecule has 1 aromatic carbocycles. The van der Waals surface area contributed by atoms with E-state index in [1.807, 2.05) is 13.8 Å². The highest BCUT2D eigenvalue weighted by Crippen LogP contribution is 2.42. The summed E-state index contributed by atoms with van der Waals surface area (Å²) in [5, 5.41) is 16.4. The van der Waals surface area contributed by atoms with Crippen molar-refractivity contribution in [3.63, 3.8) is 0 Å². The van der Waals surface area contributed by atoms with Gasteiger partial charge in [-0.05, 0) is 48.5 Å². The third kappa shape index (κ3) is 3.80. The summed E-state index contributed by atoms with van der Waals surface area (Å²) in [5.41, 5.74) is -0.931. The second kappa shape index (κ2) is 9.01. The molecule has 4 rings (SSSR count). The molecule has 0 fully saturated rings. The van der Waals surface area contributed by atoms with Crippen LogP contribution in [0.3, 0.4) is 0 Å². The highest BCUT2D eigenvalue weighted by Gasteiger charge is 2.44. The van der Waals surface area contributed by atoms with E-state index in [4.69, 9.17) is 0 Å². The van der Waals surface area contributed by atoms with Gasteiger partial charge in [-0.2, -0.15) is 0 Å². The number of aromatic nitrogens is 1. The van der Waals surface area contributed by atoms with Gasteiger partial charge in [0.15, 0.2) is 11.4 Å². The Hall–Kier alpha value is -2.54. The molecule has 176 valence electrons. The summed E-state index contributed by atoms with van der Waals surface area (Å²) in [6, 6.07) is 1.74. The Morgan fingerprint density at radius 1 is 1.27 bits per heavy atom. The molecule has 2 amide bonds. The maximum absolute atomic E-state index is 14.4. The van der Waals surface area contributed by atoms with Gasteiger partial charge in [-0.3, -0.25) is 14.4 Å². The summed E-state index contributed by atoms with van der Waals surface area (Å²) in [6.07, 6.45) is 0.540. The van der Waals surface area contributed by atoms with Crippen molar-refractivity contribution in [2.24, 2.45) is 0 Å². The van der Waals surface area contributed by atoms with Gasteiger partial charge in [0, 0.05) is 25.2 Å². The molecule has 0 spiro atoms. The second-order valence-corrected chi connectivity index (χ2v) is 9.10. The number of hydrogen-bond acceptors (Lipinski definition) is 5. The summed E-state index contributed by atoms with van der Waals surface area (Å²) in [6.45, 7) is 4.82. The summed E-state index contributed by atoms with van der Waals surface area (Å²) < 4.78 is 29.3. The van der Waals surface area contributed by atoms with Crippen LogP contribution in [0.15, 0.2) is 16.9 Å². The van der Waals surface area contributed by atoms with Gasteiger partial charge in [0.1, 0.15) is 17.2 Å². The van der Waals surface area contributed by atoms with E-state index < -0.39 is 34.6 Å². The molecule has 33 heavy (non-hydrogen) atoms. The van der Waals surface area contributed by atoms with Gasteiger partial charge in [-0.25, -0.2) is 8.78 Å². The average Bonchev–Trinajstić information content (AvgIpc) is 3.13. The first kappa shape index (κ1) is 23.6. The zero-order valence-corrected chi connectivity index (χ0v) is 20.2. The van der Waals surface area contributed by atoms with Crippen LogP contribution in [-0.2, 0) is 6.54 Å². The summed E-state index contributed by atoms with van der Waals surface area (Å²) >= 11 is 1.54. The van der Waals surface area contributed by atoms with Crippen LogP contribution < -0.4 is 16.1 Å². The number of benzene rings is 1. The fourth-order valence-electron chi connectivity index (χ4n) is 4.64. The van der Waals surface area contributed by atoms with Crippen LogP contribution in [0.5, 0.6) is 5.75 Å². The lowest BCUT2D eigenvalue weighted by atomic mass is 10.0. The summed E-state index contributed by atoms with van der Waals surface area (Å²) in [4.78, 5) is 40.7. The van der Waals surface area contributed by atoms with E-state index in [2.05, 4.69) is 10.6 Å². The number of carbonyl (C=O) groups excluding carboxylic acids is 2. The predicted molar refractivity (Wildman–Crippen MR) is 124 cm³/mol. The summed E-state index contributed by atoms with van der Waals surface area (Å²) in [7, 11) is 0. The Bertz CT molecular complexity index is 1220. The Kier molecular flexibility index (Phi) is 6.45. The van der Waals surface area contributed by atoms with Crippen LogP contribution in [-0.4, -0.2) is 46.0 Å². The molecule has 8 nitrogen and oxygen atoms in total. The van der Waals surface area contributed by atoms with Crippen LogP contribution in [0, 0.1) is 15.2 Å². The van der Waals surface area contributed by atoms with Gasteiger partial charge >= 0.3 is 0 Å². The fraction of sp³-hybridized carbons (Fsp3) is 0.409. The number of pyridine rings is 1. The number of amides is 2. The third-order valence-corrected chi connectivity index (χ3v) is 7.15. The lowest BCUT2D eigenvalue weighted by Crippen LogP contribution is -2.44. The monoisotopic (exact) mass is 572 g/mol. The number of rotatable bonds is 6. The molecule has 3 heterocycles. The minimum atomic E-state index is -0.947. The highest BCUT2D eigenvalue weighted by atomic mass is 127. The van der Waals surface area contributed by atoms with Crippen molar-refractivity contribution >= 4 is 34.4 Å². The molecule has 0 unspecified atom stereocenters. The first-order chi connectivity index (χ1) is 15.7. The Labute approximate surface area is 202 Å². The molecular formula is C22H23F2IN4O4. The number of nitrogens with one attached hydrogen (secondary N) is 2. The van der Waals surface area contributed by atoms with E-state index in [1.54, 1.807) is 9.47 Å². The smallest absolute Gasteiger partial charge is 0.274 e. The van der Waals surface area contributed by atoms with Crippen LogP contribution in [0.2, 0.25) is 0 Å². The minimum absolute atomic E-state index is 0.0581. The van der Waals surface area contributed by atoms with Crippen molar-refractivity contribution in [3.05, 3.63) is 60.1 Å². The van der Waals surface area contributed by atoms with Gasteiger partial charge in [0.25, 0.3) is 11.8 Å². The van der Waals surface area contributed by atoms with E-state index >= 15 is 0 Å². The van der Waals surface area contributed by atoms with E-state index in [9.17, 15) is 28.3 Å². The van der Waals surface area contributed by atoms with Crippen molar-refractivity contribution in [2.75, 3.05) is 19.6 Å². The third-order valence-electron chi connectivity index (χ3n) is 6.16. The number of carbonyl (C=O) groups is 2. The van der Waals surface area contributed by atoms with Gasteiger partial charge in [0.05, 0.1) is 21.3 Å². The van der Waals surface area contributed by atoms with Crippen molar-refractivity contribution in [1.82, 2.24) is 20.1 Å². The first-order valence-electron chi connectivity index (χ1n) is 10.7. The molecule has 2 aliphatic heterocycles. The van der Waals surface area contributed by atoms with Crippen LogP contribution in [0.25, 0.3) is 0 Å². The number of hydrogen-bond donors (Lipinski definition) is 3. The van der Waals surface area contributed by atoms with E-state index in [0.29, 0.717) is 31.7 Å². The maximum Gasteiger partial charge on any atom is 0.274 e. The standard InChI is InChI=1S/C22H23F2IN4O4/c1-3-26-13-7-11-9-28(4-2)22(33)18-20(31)19(30)14(17(13)29(11)18)21(32)27-8-10-5-6-12(23)16(25)15(10)24/h5-6,11,13,26,31H,3-4,7-9H2,1-2H3,(H,27,32)/t11-,13+/m1/s1. The molecule has 11 heteroatoms. The zero-order chi connectivity index (χ0) is 24.0. The molecule has 0 radical (unpaired) electrons. The fourth-order valence-corrected chi connectivity index (χ4v) is 5.17. The van der Waals surface area contributed by atoms with E-state index in [1.165, 1.54) is 28.7 Å². The summed E-state index contributed by atoms with van der Waals surface area (Å²) in [5.74, 6) is -3.53. The maximum atomic E-state index is 14.4. The number of halogens is 3. The first-order valence-corrected chi connectivity index (χ1v) is 11.7. The Morgan fingerprint density at radius 3 is 2.67 bits per heavy atom. The molecule has 2 aromatic rings. The molecule has 0 saturated carbocycles. The molecule has 2 atom stereocenters. The van der Waals surface area contributed by atoms with Crippen LogP contribution in [0.4, 0.5) is 8.78 Å². The van der Waals surface area contributed by atoms with Crippen LogP contribution in [0.1, 0.15) is 64.5 Å². The molecule has 0 aliphatic carbocycles. The van der Waals surface area contributed by atoms with E-state index in [0.717, 1.165) is 6.07 Å². The quantitative estimate of drug-likeness (QED) is 0.365. The number of nitrogens with zero attached hydrogens (tertiary/aromatic N) is 2. The van der Waals surface area contributed by atoms with Crippen LogP contribution >= 0.6 is 22.6 Å². The normalized spacial score (nSPS) is 19.1. The zero-order valence-electron chi connectivity index (χ0n) is 18.0.